The summed E-state index contributed by atoms with van der Waals surface area (Å²) in [5, 5.41) is 1.72. The van der Waals surface area contributed by atoms with Crippen LogP contribution in [0.3, 0.4) is 0 Å². The van der Waals surface area contributed by atoms with Crippen molar-refractivity contribution >= 4 is 49.0 Å². The van der Waals surface area contributed by atoms with Gasteiger partial charge in [0.25, 0.3) is 0 Å². The number of halogens is 4. The number of hydrogen-bond donors (Lipinski definition) is 0. The van der Waals surface area contributed by atoms with E-state index in [4.69, 9.17) is 11.6 Å². The summed E-state index contributed by atoms with van der Waals surface area (Å²) < 4.78 is 30.8. The molecular formula is C16H10BrClF2OS. The van der Waals surface area contributed by atoms with E-state index < -0.39 is 6.61 Å². The monoisotopic (exact) mass is 402 g/mol. The minimum absolute atomic E-state index is 0.177. The fourth-order valence-electron chi connectivity index (χ4n) is 2.20. The van der Waals surface area contributed by atoms with E-state index in [9.17, 15) is 8.78 Å². The zero-order valence-electron chi connectivity index (χ0n) is 11.2. The molecule has 22 heavy (non-hydrogen) atoms. The SMILES string of the molecule is FC(F)Oc1ccc2cc(Cc3cc(Br)ccc3Cl)sc2c1. The van der Waals surface area contributed by atoms with Gasteiger partial charge >= 0.3 is 6.61 Å². The van der Waals surface area contributed by atoms with Crippen LogP contribution in [-0.2, 0) is 6.42 Å². The number of rotatable bonds is 4. The predicted molar refractivity (Wildman–Crippen MR) is 90.4 cm³/mol. The summed E-state index contributed by atoms with van der Waals surface area (Å²) in [4.78, 5) is 1.11. The second-order valence-corrected chi connectivity index (χ2v) is 7.19. The molecule has 1 heterocycles. The van der Waals surface area contributed by atoms with Crippen LogP contribution in [0.5, 0.6) is 5.75 Å². The van der Waals surface area contributed by atoms with Crippen LogP contribution in [0.2, 0.25) is 5.02 Å². The minimum atomic E-state index is -2.81. The molecule has 3 aromatic rings. The first-order valence-electron chi connectivity index (χ1n) is 6.42. The van der Waals surface area contributed by atoms with Crippen molar-refractivity contribution in [3.63, 3.8) is 0 Å². The molecule has 2 aromatic carbocycles. The average Bonchev–Trinajstić information content (AvgIpc) is 2.84. The van der Waals surface area contributed by atoms with Gasteiger partial charge in [0.2, 0.25) is 0 Å². The Bertz CT molecular complexity index is 819. The van der Waals surface area contributed by atoms with Gasteiger partial charge in [-0.2, -0.15) is 8.78 Å². The molecule has 0 radical (unpaired) electrons. The Morgan fingerprint density at radius 3 is 2.73 bits per heavy atom. The lowest BCUT2D eigenvalue weighted by Crippen LogP contribution is -2.01. The predicted octanol–water partition coefficient (Wildman–Crippen LogP) is 6.51. The summed E-state index contributed by atoms with van der Waals surface area (Å²) in [5.41, 5.74) is 1.02. The molecule has 3 rings (SSSR count). The van der Waals surface area contributed by atoms with E-state index >= 15 is 0 Å². The van der Waals surface area contributed by atoms with Crippen LogP contribution < -0.4 is 4.74 Å². The Balaban J connectivity index is 1.90. The molecule has 0 unspecified atom stereocenters. The first-order valence-corrected chi connectivity index (χ1v) is 8.41. The number of thiophene rings is 1. The summed E-state index contributed by atoms with van der Waals surface area (Å²) >= 11 is 11.2. The van der Waals surface area contributed by atoms with Gasteiger partial charge in [0.1, 0.15) is 5.75 Å². The van der Waals surface area contributed by atoms with Crippen LogP contribution in [0.4, 0.5) is 8.78 Å². The second-order valence-electron chi connectivity index (χ2n) is 4.70. The molecule has 114 valence electrons. The molecule has 1 nitrogen and oxygen atoms in total. The minimum Gasteiger partial charge on any atom is -0.435 e. The molecule has 0 saturated carbocycles. The molecular weight excluding hydrogens is 394 g/mol. The molecule has 0 aliphatic heterocycles. The van der Waals surface area contributed by atoms with E-state index in [2.05, 4.69) is 20.7 Å². The van der Waals surface area contributed by atoms with Gasteiger partial charge in [-0.05, 0) is 53.4 Å². The van der Waals surface area contributed by atoms with Crippen molar-refractivity contribution in [1.29, 1.82) is 0 Å². The van der Waals surface area contributed by atoms with Crippen LogP contribution in [0, 0.1) is 0 Å². The van der Waals surface area contributed by atoms with Gasteiger partial charge in [0, 0.05) is 25.5 Å². The normalized spacial score (nSPS) is 11.3. The molecule has 0 spiro atoms. The number of fused-ring (bicyclic) bond motifs is 1. The van der Waals surface area contributed by atoms with Crippen molar-refractivity contribution in [2.75, 3.05) is 0 Å². The molecule has 0 aliphatic rings. The van der Waals surface area contributed by atoms with Crippen LogP contribution >= 0.6 is 38.9 Å². The molecule has 0 atom stereocenters. The lowest BCUT2D eigenvalue weighted by molar-refractivity contribution is -0.0497. The first kappa shape index (κ1) is 15.7. The van der Waals surface area contributed by atoms with E-state index in [1.165, 1.54) is 0 Å². The summed E-state index contributed by atoms with van der Waals surface area (Å²) in [6, 6.07) is 12.7. The molecule has 0 fully saturated rings. The van der Waals surface area contributed by atoms with E-state index in [1.807, 2.05) is 24.3 Å². The van der Waals surface area contributed by atoms with Crippen LogP contribution in [-0.4, -0.2) is 6.61 Å². The van der Waals surface area contributed by atoms with E-state index in [0.29, 0.717) is 11.4 Å². The summed E-state index contributed by atoms with van der Waals surface area (Å²) in [7, 11) is 0. The summed E-state index contributed by atoms with van der Waals surface area (Å²) in [6.45, 7) is -2.81. The first-order chi connectivity index (χ1) is 10.5. The lowest BCUT2D eigenvalue weighted by atomic mass is 10.1. The zero-order valence-corrected chi connectivity index (χ0v) is 14.3. The fraction of sp³-hybridized carbons (Fsp3) is 0.125. The van der Waals surface area contributed by atoms with Gasteiger partial charge in [0.05, 0.1) is 0 Å². The zero-order chi connectivity index (χ0) is 15.7. The van der Waals surface area contributed by atoms with Crippen molar-refractivity contribution in [3.05, 3.63) is 62.4 Å². The van der Waals surface area contributed by atoms with Gasteiger partial charge < -0.3 is 4.74 Å². The molecule has 0 N–H and O–H groups in total. The van der Waals surface area contributed by atoms with Gasteiger partial charge in [-0.25, -0.2) is 0 Å². The molecule has 0 aliphatic carbocycles. The standard InChI is InChI=1S/C16H10BrClF2OS/c17-11-2-4-14(18)10(5-11)7-13-6-9-1-3-12(21-16(19)20)8-15(9)22-13/h1-6,8,16H,7H2. The van der Waals surface area contributed by atoms with E-state index in [-0.39, 0.29) is 5.75 Å². The highest BCUT2D eigenvalue weighted by Gasteiger charge is 2.09. The van der Waals surface area contributed by atoms with Gasteiger partial charge in [-0.1, -0.05) is 27.5 Å². The number of hydrogen-bond acceptors (Lipinski definition) is 2. The van der Waals surface area contributed by atoms with Crippen molar-refractivity contribution in [3.8, 4) is 5.75 Å². The van der Waals surface area contributed by atoms with Crippen LogP contribution in [0.25, 0.3) is 10.1 Å². The number of ether oxygens (including phenoxy) is 1. The highest BCUT2D eigenvalue weighted by molar-refractivity contribution is 9.10. The van der Waals surface area contributed by atoms with E-state index in [0.717, 1.165) is 25.0 Å². The van der Waals surface area contributed by atoms with Crippen LogP contribution in [0.15, 0.2) is 46.9 Å². The summed E-state index contributed by atoms with van der Waals surface area (Å²) in [6.07, 6.45) is 0.697. The Labute approximate surface area is 143 Å². The molecule has 0 bridgehead atoms. The largest absolute Gasteiger partial charge is 0.435 e. The van der Waals surface area contributed by atoms with Crippen molar-refractivity contribution in [2.24, 2.45) is 0 Å². The van der Waals surface area contributed by atoms with Crippen molar-refractivity contribution < 1.29 is 13.5 Å². The van der Waals surface area contributed by atoms with Gasteiger partial charge in [-0.15, -0.1) is 11.3 Å². The molecule has 6 heteroatoms. The third kappa shape index (κ3) is 3.59. The molecule has 1 aromatic heterocycles. The van der Waals surface area contributed by atoms with Gasteiger partial charge in [0.15, 0.2) is 0 Å². The topological polar surface area (TPSA) is 9.23 Å². The third-order valence-electron chi connectivity index (χ3n) is 3.14. The Morgan fingerprint density at radius 2 is 1.95 bits per heavy atom. The Hall–Kier alpha value is -1.17. The van der Waals surface area contributed by atoms with Crippen molar-refractivity contribution in [2.45, 2.75) is 13.0 Å². The van der Waals surface area contributed by atoms with Crippen LogP contribution in [0.1, 0.15) is 10.4 Å². The quantitative estimate of drug-likeness (QED) is 0.482. The average molecular weight is 404 g/mol. The highest BCUT2D eigenvalue weighted by Crippen LogP contribution is 2.32. The Kier molecular flexibility index (Phi) is 4.66. The fourth-order valence-corrected chi connectivity index (χ4v) is 3.91. The third-order valence-corrected chi connectivity index (χ3v) is 5.10. The maximum absolute atomic E-state index is 12.3. The maximum atomic E-state index is 12.3. The maximum Gasteiger partial charge on any atom is 0.387 e. The number of benzene rings is 2. The van der Waals surface area contributed by atoms with E-state index in [1.54, 1.807) is 29.5 Å². The lowest BCUT2D eigenvalue weighted by Gasteiger charge is -2.03. The number of alkyl halides is 2. The summed E-state index contributed by atoms with van der Waals surface area (Å²) in [5.74, 6) is 0.177. The highest BCUT2D eigenvalue weighted by atomic mass is 79.9. The van der Waals surface area contributed by atoms with Crippen molar-refractivity contribution in [1.82, 2.24) is 0 Å². The molecule has 0 saturated heterocycles. The van der Waals surface area contributed by atoms with Gasteiger partial charge in [-0.3, -0.25) is 0 Å². The smallest absolute Gasteiger partial charge is 0.387 e. The Morgan fingerprint density at radius 1 is 1.14 bits per heavy atom. The molecule has 0 amide bonds. The second kappa shape index (κ2) is 6.52.